The Morgan fingerprint density at radius 3 is 2.65 bits per heavy atom. The summed E-state index contributed by atoms with van der Waals surface area (Å²) in [5.74, 6) is -0.116. The number of anilines is 2. The summed E-state index contributed by atoms with van der Waals surface area (Å²) >= 11 is 1.41. The number of nitrogens with one attached hydrogen (secondary N) is 1. The summed E-state index contributed by atoms with van der Waals surface area (Å²) in [7, 11) is 0. The fourth-order valence-corrected chi connectivity index (χ4v) is 2.16. The van der Waals surface area contributed by atoms with Crippen LogP contribution in [0.1, 0.15) is 20.8 Å². The number of benzene rings is 1. The summed E-state index contributed by atoms with van der Waals surface area (Å²) in [6, 6.07) is 7.41. The van der Waals surface area contributed by atoms with E-state index in [1.54, 1.807) is 6.07 Å². The molecule has 88 valence electrons. The molecule has 0 atom stereocenters. The molecular formula is C13H14N2OS. The van der Waals surface area contributed by atoms with Crippen molar-refractivity contribution in [2.45, 2.75) is 13.8 Å². The van der Waals surface area contributed by atoms with Crippen molar-refractivity contribution in [3.63, 3.8) is 0 Å². The summed E-state index contributed by atoms with van der Waals surface area (Å²) in [6.45, 7) is 3.99. The number of nitrogens with two attached hydrogens (primary N) is 1. The average Bonchev–Trinajstić information content (AvgIpc) is 2.79. The number of thiophene rings is 1. The molecule has 17 heavy (non-hydrogen) atoms. The lowest BCUT2D eigenvalue weighted by molar-refractivity contribution is 0.103. The van der Waals surface area contributed by atoms with Gasteiger partial charge in [0, 0.05) is 0 Å². The minimum Gasteiger partial charge on any atom is -0.397 e. The van der Waals surface area contributed by atoms with Crippen molar-refractivity contribution in [2.75, 3.05) is 11.1 Å². The Morgan fingerprint density at radius 2 is 2.00 bits per heavy atom. The molecular weight excluding hydrogens is 232 g/mol. The predicted octanol–water partition coefficient (Wildman–Crippen LogP) is 3.20. The molecule has 0 saturated heterocycles. The van der Waals surface area contributed by atoms with Gasteiger partial charge in [0.1, 0.15) is 0 Å². The van der Waals surface area contributed by atoms with Gasteiger partial charge in [-0.3, -0.25) is 4.79 Å². The van der Waals surface area contributed by atoms with Crippen LogP contribution < -0.4 is 11.1 Å². The second kappa shape index (κ2) is 4.59. The maximum absolute atomic E-state index is 11.9. The molecule has 0 aliphatic carbocycles. The number of aryl methyl sites for hydroxylation is 2. The van der Waals surface area contributed by atoms with E-state index in [1.807, 2.05) is 37.4 Å². The van der Waals surface area contributed by atoms with Crippen LogP contribution in [-0.2, 0) is 0 Å². The van der Waals surface area contributed by atoms with Crippen LogP contribution in [-0.4, -0.2) is 5.91 Å². The van der Waals surface area contributed by atoms with Crippen molar-refractivity contribution in [1.82, 2.24) is 0 Å². The largest absolute Gasteiger partial charge is 0.397 e. The molecule has 0 unspecified atom stereocenters. The highest BCUT2D eigenvalue weighted by Gasteiger charge is 2.09. The molecule has 0 fully saturated rings. The van der Waals surface area contributed by atoms with Crippen molar-refractivity contribution in [3.05, 3.63) is 45.6 Å². The van der Waals surface area contributed by atoms with Crippen molar-refractivity contribution in [2.24, 2.45) is 0 Å². The molecule has 0 radical (unpaired) electrons. The normalized spacial score (nSPS) is 10.2. The fraction of sp³-hybridized carbons (Fsp3) is 0.154. The first-order valence-electron chi connectivity index (χ1n) is 5.29. The summed E-state index contributed by atoms with van der Waals surface area (Å²) in [6.07, 6.45) is 0. The lowest BCUT2D eigenvalue weighted by atomic mass is 10.1. The van der Waals surface area contributed by atoms with E-state index in [0.29, 0.717) is 16.3 Å². The van der Waals surface area contributed by atoms with Crippen LogP contribution in [0.3, 0.4) is 0 Å². The third-order valence-corrected chi connectivity index (χ3v) is 3.53. The van der Waals surface area contributed by atoms with Gasteiger partial charge in [-0.15, -0.1) is 11.3 Å². The average molecular weight is 246 g/mol. The van der Waals surface area contributed by atoms with Crippen molar-refractivity contribution in [3.8, 4) is 0 Å². The smallest absolute Gasteiger partial charge is 0.265 e. The Balaban J connectivity index is 2.25. The van der Waals surface area contributed by atoms with Gasteiger partial charge in [-0.25, -0.2) is 0 Å². The molecule has 2 aromatic rings. The van der Waals surface area contributed by atoms with E-state index in [9.17, 15) is 4.79 Å². The molecule has 1 heterocycles. The number of rotatable bonds is 2. The summed E-state index contributed by atoms with van der Waals surface area (Å²) in [5, 5.41) is 4.70. The molecule has 1 aromatic carbocycles. The van der Waals surface area contributed by atoms with E-state index in [1.165, 1.54) is 11.3 Å². The quantitative estimate of drug-likeness (QED) is 0.799. The standard InChI is InChI=1S/C13H14N2OS/c1-8-6-10(14)11(7-9(8)2)15-13(16)12-4-3-5-17-12/h3-7H,14H2,1-2H3,(H,15,16). The van der Waals surface area contributed by atoms with Gasteiger partial charge in [0.15, 0.2) is 0 Å². The van der Waals surface area contributed by atoms with E-state index in [2.05, 4.69) is 5.32 Å². The Morgan fingerprint density at radius 1 is 1.29 bits per heavy atom. The molecule has 0 saturated carbocycles. The second-order valence-electron chi connectivity index (χ2n) is 3.96. The third-order valence-electron chi connectivity index (χ3n) is 2.66. The Kier molecular flexibility index (Phi) is 3.15. The molecule has 0 aliphatic rings. The van der Waals surface area contributed by atoms with Crippen LogP contribution in [0.4, 0.5) is 11.4 Å². The lowest BCUT2D eigenvalue weighted by Gasteiger charge is -2.10. The Hall–Kier alpha value is -1.81. The van der Waals surface area contributed by atoms with E-state index in [4.69, 9.17) is 5.73 Å². The van der Waals surface area contributed by atoms with E-state index in [-0.39, 0.29) is 5.91 Å². The molecule has 4 heteroatoms. The first-order chi connectivity index (χ1) is 8.08. The van der Waals surface area contributed by atoms with Gasteiger partial charge in [0.05, 0.1) is 16.3 Å². The zero-order chi connectivity index (χ0) is 12.4. The zero-order valence-electron chi connectivity index (χ0n) is 9.78. The van der Waals surface area contributed by atoms with E-state index >= 15 is 0 Å². The summed E-state index contributed by atoms with van der Waals surface area (Å²) in [5.41, 5.74) is 9.38. The SMILES string of the molecule is Cc1cc(N)c(NC(=O)c2cccs2)cc1C. The van der Waals surface area contributed by atoms with Crippen molar-refractivity contribution in [1.29, 1.82) is 0 Å². The highest BCUT2D eigenvalue weighted by molar-refractivity contribution is 7.12. The predicted molar refractivity (Wildman–Crippen MR) is 72.6 cm³/mol. The van der Waals surface area contributed by atoms with Gasteiger partial charge >= 0.3 is 0 Å². The van der Waals surface area contributed by atoms with Crippen LogP contribution in [0.2, 0.25) is 0 Å². The van der Waals surface area contributed by atoms with Crippen molar-refractivity contribution >= 4 is 28.6 Å². The maximum Gasteiger partial charge on any atom is 0.265 e. The first kappa shape index (κ1) is 11.7. The van der Waals surface area contributed by atoms with E-state index in [0.717, 1.165) is 11.1 Å². The van der Waals surface area contributed by atoms with Crippen LogP contribution in [0.15, 0.2) is 29.6 Å². The number of hydrogen-bond donors (Lipinski definition) is 2. The number of nitrogen functional groups attached to an aromatic ring is 1. The number of carbonyl (C=O) groups excluding carboxylic acids is 1. The molecule has 0 bridgehead atoms. The highest BCUT2D eigenvalue weighted by Crippen LogP contribution is 2.24. The Bertz CT molecular complexity index is 547. The second-order valence-corrected chi connectivity index (χ2v) is 4.90. The van der Waals surface area contributed by atoms with Gasteiger partial charge in [-0.2, -0.15) is 0 Å². The number of carbonyl (C=O) groups is 1. The third kappa shape index (κ3) is 2.47. The molecule has 2 rings (SSSR count). The summed E-state index contributed by atoms with van der Waals surface area (Å²) in [4.78, 5) is 12.6. The maximum atomic E-state index is 11.9. The monoisotopic (exact) mass is 246 g/mol. The van der Waals surface area contributed by atoms with Crippen LogP contribution >= 0.6 is 11.3 Å². The van der Waals surface area contributed by atoms with Gasteiger partial charge in [0.2, 0.25) is 0 Å². The fourth-order valence-electron chi connectivity index (χ4n) is 1.54. The number of hydrogen-bond acceptors (Lipinski definition) is 3. The molecule has 3 nitrogen and oxygen atoms in total. The van der Waals surface area contributed by atoms with Gasteiger partial charge in [-0.05, 0) is 48.6 Å². The molecule has 1 aromatic heterocycles. The zero-order valence-corrected chi connectivity index (χ0v) is 10.6. The Labute approximate surface area is 104 Å². The molecule has 1 amide bonds. The van der Waals surface area contributed by atoms with Crippen LogP contribution in [0.5, 0.6) is 0 Å². The van der Waals surface area contributed by atoms with E-state index < -0.39 is 0 Å². The molecule has 0 spiro atoms. The highest BCUT2D eigenvalue weighted by atomic mass is 32.1. The van der Waals surface area contributed by atoms with Gasteiger partial charge in [0.25, 0.3) is 5.91 Å². The van der Waals surface area contributed by atoms with Crippen LogP contribution in [0.25, 0.3) is 0 Å². The topological polar surface area (TPSA) is 55.1 Å². The molecule has 0 aliphatic heterocycles. The minimum atomic E-state index is -0.116. The minimum absolute atomic E-state index is 0.116. The van der Waals surface area contributed by atoms with Gasteiger partial charge in [-0.1, -0.05) is 6.07 Å². The molecule has 3 N–H and O–H groups in total. The van der Waals surface area contributed by atoms with Gasteiger partial charge < -0.3 is 11.1 Å². The number of amides is 1. The first-order valence-corrected chi connectivity index (χ1v) is 6.17. The lowest BCUT2D eigenvalue weighted by Crippen LogP contribution is -2.12. The van der Waals surface area contributed by atoms with Crippen molar-refractivity contribution < 1.29 is 4.79 Å². The summed E-state index contributed by atoms with van der Waals surface area (Å²) < 4.78 is 0. The van der Waals surface area contributed by atoms with Crippen LogP contribution in [0, 0.1) is 13.8 Å².